The van der Waals surface area contributed by atoms with Crippen LogP contribution in [-0.4, -0.2) is 30.3 Å². The number of para-hydroxylation sites is 1. The van der Waals surface area contributed by atoms with Crippen LogP contribution in [0.15, 0.2) is 90.0 Å². The van der Waals surface area contributed by atoms with Gasteiger partial charge in [-0.1, -0.05) is 48.5 Å². The van der Waals surface area contributed by atoms with E-state index in [9.17, 15) is 14.7 Å². The van der Waals surface area contributed by atoms with Crippen LogP contribution in [0.2, 0.25) is 0 Å². The van der Waals surface area contributed by atoms with Crippen LogP contribution in [0.25, 0.3) is 10.8 Å². The molecule has 0 saturated carbocycles. The normalized spacial score (nSPS) is 10.8. The van der Waals surface area contributed by atoms with E-state index >= 15 is 0 Å². The lowest BCUT2D eigenvalue weighted by Gasteiger charge is -2.11. The fourth-order valence-corrected chi connectivity index (χ4v) is 3.30. The van der Waals surface area contributed by atoms with Crippen molar-refractivity contribution < 1.29 is 24.2 Å². The van der Waals surface area contributed by atoms with E-state index in [0.29, 0.717) is 16.9 Å². The van der Waals surface area contributed by atoms with Crippen molar-refractivity contribution in [2.75, 3.05) is 7.11 Å². The number of methoxy groups -OCH3 is 1. The van der Waals surface area contributed by atoms with Crippen LogP contribution < -0.4 is 14.9 Å². The molecule has 0 spiro atoms. The van der Waals surface area contributed by atoms with E-state index in [1.54, 1.807) is 42.5 Å². The van der Waals surface area contributed by atoms with Crippen LogP contribution in [-0.2, 0) is 0 Å². The summed E-state index contributed by atoms with van der Waals surface area (Å²) in [4.78, 5) is 24.9. The average molecular weight is 440 g/mol. The fraction of sp³-hybridized carbons (Fsp3) is 0.0385. The summed E-state index contributed by atoms with van der Waals surface area (Å²) < 4.78 is 11.0. The van der Waals surface area contributed by atoms with Crippen molar-refractivity contribution in [3.05, 3.63) is 102 Å². The van der Waals surface area contributed by atoms with Gasteiger partial charge in [0.15, 0.2) is 11.5 Å². The number of phenols is 1. The van der Waals surface area contributed by atoms with Gasteiger partial charge in [-0.3, -0.25) is 4.79 Å². The topological polar surface area (TPSA) is 97.2 Å². The highest BCUT2D eigenvalue weighted by molar-refractivity contribution is 6.05. The first kappa shape index (κ1) is 21.6. The molecule has 0 unspecified atom stereocenters. The highest BCUT2D eigenvalue weighted by Gasteiger charge is 2.15. The lowest BCUT2D eigenvalue weighted by molar-refractivity contribution is 0.0731. The molecule has 0 saturated heterocycles. The Morgan fingerprint density at radius 1 is 0.879 bits per heavy atom. The number of hydrogen-bond acceptors (Lipinski definition) is 6. The van der Waals surface area contributed by atoms with Crippen LogP contribution in [0.3, 0.4) is 0 Å². The lowest BCUT2D eigenvalue weighted by Crippen LogP contribution is -2.17. The van der Waals surface area contributed by atoms with Gasteiger partial charge < -0.3 is 14.6 Å². The number of nitrogens with zero attached hydrogens (tertiary/aromatic N) is 1. The zero-order chi connectivity index (χ0) is 23.2. The summed E-state index contributed by atoms with van der Waals surface area (Å²) >= 11 is 0. The number of amides is 1. The van der Waals surface area contributed by atoms with Gasteiger partial charge in [0.1, 0.15) is 5.75 Å². The minimum atomic E-state index is -0.544. The second-order valence-electron chi connectivity index (χ2n) is 7.04. The van der Waals surface area contributed by atoms with E-state index in [-0.39, 0.29) is 17.1 Å². The highest BCUT2D eigenvalue weighted by atomic mass is 16.6. The van der Waals surface area contributed by atoms with Gasteiger partial charge in [0.05, 0.1) is 24.5 Å². The molecule has 0 aliphatic rings. The van der Waals surface area contributed by atoms with Crippen LogP contribution in [0.4, 0.5) is 0 Å². The first-order valence-electron chi connectivity index (χ1n) is 10.1. The Bertz CT molecular complexity index is 1360. The SMILES string of the molecule is COc1cc(/C=N/NC(=O)c2ccccc2O)ccc1OC(=O)c1cccc2ccccc12. The zero-order valence-corrected chi connectivity index (χ0v) is 17.7. The van der Waals surface area contributed by atoms with Gasteiger partial charge in [-0.15, -0.1) is 0 Å². The molecule has 0 bridgehead atoms. The van der Waals surface area contributed by atoms with Gasteiger partial charge in [0, 0.05) is 0 Å². The molecule has 7 nitrogen and oxygen atoms in total. The number of benzene rings is 4. The summed E-state index contributed by atoms with van der Waals surface area (Å²) in [6, 6.07) is 24.1. The number of carbonyl (C=O) groups is 2. The molecule has 7 heteroatoms. The molecule has 0 atom stereocenters. The minimum Gasteiger partial charge on any atom is -0.507 e. The number of aromatic hydroxyl groups is 1. The third kappa shape index (κ3) is 4.83. The molecule has 4 rings (SSSR count). The maximum absolute atomic E-state index is 12.8. The summed E-state index contributed by atoms with van der Waals surface area (Å²) in [5, 5.41) is 15.4. The number of fused-ring (bicyclic) bond motifs is 1. The van der Waals surface area contributed by atoms with Gasteiger partial charge in [0.25, 0.3) is 5.91 Å². The smallest absolute Gasteiger partial charge is 0.344 e. The summed E-state index contributed by atoms with van der Waals surface area (Å²) in [6.07, 6.45) is 1.41. The molecule has 0 radical (unpaired) electrons. The first-order valence-corrected chi connectivity index (χ1v) is 10.1. The molecule has 4 aromatic rings. The van der Waals surface area contributed by atoms with E-state index in [2.05, 4.69) is 10.5 Å². The zero-order valence-electron chi connectivity index (χ0n) is 17.7. The highest BCUT2D eigenvalue weighted by Crippen LogP contribution is 2.29. The van der Waals surface area contributed by atoms with E-state index in [4.69, 9.17) is 9.47 Å². The van der Waals surface area contributed by atoms with Crippen molar-refractivity contribution in [2.45, 2.75) is 0 Å². The predicted octanol–water partition coefficient (Wildman–Crippen LogP) is 4.54. The molecule has 4 aromatic carbocycles. The maximum Gasteiger partial charge on any atom is 0.344 e. The average Bonchev–Trinajstić information content (AvgIpc) is 2.84. The summed E-state index contributed by atoms with van der Waals surface area (Å²) in [5.74, 6) is -0.590. The number of hydrogen-bond donors (Lipinski definition) is 2. The lowest BCUT2D eigenvalue weighted by atomic mass is 10.0. The quantitative estimate of drug-likeness (QED) is 0.199. The fourth-order valence-electron chi connectivity index (χ4n) is 3.30. The number of phenolic OH excluding ortho intramolecular Hbond substituents is 1. The minimum absolute atomic E-state index is 0.114. The Labute approximate surface area is 189 Å². The molecule has 164 valence electrons. The number of esters is 1. The monoisotopic (exact) mass is 440 g/mol. The van der Waals surface area contributed by atoms with E-state index in [0.717, 1.165) is 10.8 Å². The molecule has 2 N–H and O–H groups in total. The number of hydrazone groups is 1. The Kier molecular flexibility index (Phi) is 6.31. The summed E-state index contributed by atoms with van der Waals surface area (Å²) in [5.41, 5.74) is 3.53. The first-order chi connectivity index (χ1) is 16.1. The molecule has 0 fully saturated rings. The van der Waals surface area contributed by atoms with Crippen LogP contribution >= 0.6 is 0 Å². The Balaban J connectivity index is 1.49. The van der Waals surface area contributed by atoms with Crippen LogP contribution in [0.5, 0.6) is 17.2 Å². The summed E-state index contributed by atoms with van der Waals surface area (Å²) in [7, 11) is 1.46. The molecule has 1 amide bonds. The molecule has 0 heterocycles. The third-order valence-electron chi connectivity index (χ3n) is 4.93. The maximum atomic E-state index is 12.8. The number of carbonyl (C=O) groups excluding carboxylic acids is 2. The predicted molar refractivity (Wildman–Crippen MR) is 125 cm³/mol. The van der Waals surface area contributed by atoms with Crippen LogP contribution in [0.1, 0.15) is 26.3 Å². The van der Waals surface area contributed by atoms with Gasteiger partial charge in [-0.25, -0.2) is 10.2 Å². The molecular formula is C26H20N2O5. The van der Waals surface area contributed by atoms with Crippen molar-refractivity contribution >= 4 is 28.9 Å². The molecule has 33 heavy (non-hydrogen) atoms. The van der Waals surface area contributed by atoms with Gasteiger partial charge >= 0.3 is 5.97 Å². The largest absolute Gasteiger partial charge is 0.507 e. The second kappa shape index (κ2) is 9.65. The second-order valence-corrected chi connectivity index (χ2v) is 7.04. The Hall–Kier alpha value is -4.65. The van der Waals surface area contributed by atoms with E-state index in [1.165, 1.54) is 25.5 Å². The van der Waals surface area contributed by atoms with Gasteiger partial charge in [0.2, 0.25) is 0 Å². The number of rotatable bonds is 6. The van der Waals surface area contributed by atoms with Crippen molar-refractivity contribution in [3.8, 4) is 17.2 Å². The van der Waals surface area contributed by atoms with Crippen molar-refractivity contribution in [1.82, 2.24) is 5.43 Å². The molecule has 0 aromatic heterocycles. The number of ether oxygens (including phenoxy) is 2. The number of nitrogens with one attached hydrogen (secondary N) is 1. The van der Waals surface area contributed by atoms with Crippen molar-refractivity contribution in [1.29, 1.82) is 0 Å². The summed E-state index contributed by atoms with van der Waals surface area (Å²) in [6.45, 7) is 0. The van der Waals surface area contributed by atoms with Crippen LogP contribution in [0, 0.1) is 0 Å². The van der Waals surface area contributed by atoms with Crippen molar-refractivity contribution in [3.63, 3.8) is 0 Å². The Morgan fingerprint density at radius 2 is 1.61 bits per heavy atom. The molecular weight excluding hydrogens is 420 g/mol. The van der Waals surface area contributed by atoms with Gasteiger partial charge in [-0.2, -0.15) is 5.10 Å². The van der Waals surface area contributed by atoms with E-state index in [1.807, 2.05) is 30.3 Å². The third-order valence-corrected chi connectivity index (χ3v) is 4.93. The van der Waals surface area contributed by atoms with E-state index < -0.39 is 11.9 Å². The Morgan fingerprint density at radius 3 is 2.42 bits per heavy atom. The van der Waals surface area contributed by atoms with Gasteiger partial charge in [-0.05, 0) is 52.7 Å². The standard InChI is InChI=1S/C26H20N2O5/c1-32-24-15-17(16-27-28-25(30)21-10-4-5-12-22(21)29)13-14-23(24)33-26(31)20-11-6-8-18-7-2-3-9-19(18)20/h2-16,29H,1H3,(H,28,30)/b27-16+. The molecule has 0 aliphatic carbocycles. The van der Waals surface area contributed by atoms with Crippen molar-refractivity contribution in [2.24, 2.45) is 5.10 Å². The molecule has 0 aliphatic heterocycles.